The molecule has 0 saturated heterocycles. The number of nitrogens with one attached hydrogen (secondary N) is 2. The summed E-state index contributed by atoms with van der Waals surface area (Å²) >= 11 is 0. The summed E-state index contributed by atoms with van der Waals surface area (Å²) < 4.78 is 5.50. The largest absolute Gasteiger partial charge is 0.481 e. The highest BCUT2D eigenvalue weighted by molar-refractivity contribution is 5.81. The molecular formula is C26H32N2O5. The number of hydrogen-bond acceptors (Lipinski definition) is 4. The predicted molar refractivity (Wildman–Crippen MR) is 126 cm³/mol. The third-order valence-corrected chi connectivity index (χ3v) is 6.08. The van der Waals surface area contributed by atoms with Crippen LogP contribution in [0.1, 0.15) is 51.2 Å². The molecule has 7 nitrogen and oxygen atoms in total. The first-order valence-electron chi connectivity index (χ1n) is 11.2. The fourth-order valence-electron chi connectivity index (χ4n) is 4.04. The van der Waals surface area contributed by atoms with Crippen LogP contribution >= 0.6 is 0 Å². The van der Waals surface area contributed by atoms with E-state index in [1.807, 2.05) is 45.0 Å². The van der Waals surface area contributed by atoms with Crippen LogP contribution in [0.3, 0.4) is 0 Å². The summed E-state index contributed by atoms with van der Waals surface area (Å²) in [5.74, 6) is -1.86. The molecule has 0 saturated carbocycles. The van der Waals surface area contributed by atoms with Crippen molar-refractivity contribution in [1.82, 2.24) is 10.6 Å². The molecule has 0 bridgehead atoms. The lowest BCUT2D eigenvalue weighted by Gasteiger charge is -2.31. The van der Waals surface area contributed by atoms with Crippen LogP contribution in [0.5, 0.6) is 0 Å². The molecule has 0 heterocycles. The molecule has 2 amide bonds. The second-order valence-electron chi connectivity index (χ2n) is 9.63. The number of amides is 2. The van der Waals surface area contributed by atoms with Crippen molar-refractivity contribution >= 4 is 18.0 Å². The van der Waals surface area contributed by atoms with Gasteiger partial charge in [0.2, 0.25) is 5.91 Å². The fraction of sp³-hybridized carbons (Fsp3) is 0.423. The smallest absolute Gasteiger partial charge is 0.407 e. The van der Waals surface area contributed by atoms with Gasteiger partial charge in [-0.25, -0.2) is 4.79 Å². The van der Waals surface area contributed by atoms with Crippen LogP contribution in [0.15, 0.2) is 48.5 Å². The standard InChI is InChI=1S/C26H32N2O5/c1-16(24(31)28-22(13-23(29)30)26(2,3)4)14-27-25(32)33-15-21-19-11-7-5-9-17(19)18-10-6-8-12-20(18)21/h5-12,16,21-22H,13-15H2,1-4H3,(H,27,32)(H,28,31)(H,29,30). The van der Waals surface area contributed by atoms with Crippen LogP contribution in [-0.4, -0.2) is 42.3 Å². The molecule has 1 aliphatic carbocycles. The van der Waals surface area contributed by atoms with Gasteiger partial charge in [-0.2, -0.15) is 0 Å². The molecule has 0 aromatic heterocycles. The van der Waals surface area contributed by atoms with Crippen LogP contribution in [0.25, 0.3) is 11.1 Å². The van der Waals surface area contributed by atoms with Crippen LogP contribution in [0, 0.1) is 11.3 Å². The van der Waals surface area contributed by atoms with Gasteiger partial charge in [-0.05, 0) is 27.7 Å². The molecule has 2 unspecified atom stereocenters. The third-order valence-electron chi connectivity index (χ3n) is 6.08. The first kappa shape index (κ1) is 24.3. The Morgan fingerprint density at radius 1 is 1.00 bits per heavy atom. The number of hydrogen-bond donors (Lipinski definition) is 3. The Morgan fingerprint density at radius 2 is 1.55 bits per heavy atom. The highest BCUT2D eigenvalue weighted by atomic mass is 16.5. The van der Waals surface area contributed by atoms with Crippen molar-refractivity contribution in [1.29, 1.82) is 0 Å². The summed E-state index contributed by atoms with van der Waals surface area (Å²) in [5, 5.41) is 14.6. The van der Waals surface area contributed by atoms with E-state index in [4.69, 9.17) is 9.84 Å². The van der Waals surface area contributed by atoms with Crippen LogP contribution < -0.4 is 10.6 Å². The molecule has 2 atom stereocenters. The number of carbonyl (C=O) groups excluding carboxylic acids is 2. The van der Waals surface area contributed by atoms with Crippen molar-refractivity contribution in [2.24, 2.45) is 11.3 Å². The number of carboxylic acid groups (broad SMARTS) is 1. The van der Waals surface area contributed by atoms with Gasteiger partial charge >= 0.3 is 12.1 Å². The van der Waals surface area contributed by atoms with Crippen molar-refractivity contribution in [3.63, 3.8) is 0 Å². The molecule has 176 valence electrons. The highest BCUT2D eigenvalue weighted by Crippen LogP contribution is 2.44. The van der Waals surface area contributed by atoms with Gasteiger partial charge in [-0.15, -0.1) is 0 Å². The Balaban J connectivity index is 1.52. The Hall–Kier alpha value is -3.35. The molecule has 1 aliphatic rings. The van der Waals surface area contributed by atoms with E-state index in [0.717, 1.165) is 22.3 Å². The molecule has 3 rings (SSSR count). The van der Waals surface area contributed by atoms with E-state index in [1.165, 1.54) is 0 Å². The Kier molecular flexibility index (Phi) is 7.41. The average molecular weight is 453 g/mol. The zero-order chi connectivity index (χ0) is 24.2. The second-order valence-corrected chi connectivity index (χ2v) is 9.63. The minimum Gasteiger partial charge on any atom is -0.481 e. The summed E-state index contributed by atoms with van der Waals surface area (Å²) in [6.45, 7) is 7.60. The van der Waals surface area contributed by atoms with Crippen molar-refractivity contribution in [2.75, 3.05) is 13.2 Å². The molecule has 2 aromatic carbocycles. The number of aliphatic carboxylic acids is 1. The van der Waals surface area contributed by atoms with E-state index in [-0.39, 0.29) is 31.4 Å². The van der Waals surface area contributed by atoms with E-state index in [0.29, 0.717) is 0 Å². The first-order chi connectivity index (χ1) is 15.6. The maximum atomic E-state index is 12.5. The van der Waals surface area contributed by atoms with Crippen LogP contribution in [-0.2, 0) is 14.3 Å². The van der Waals surface area contributed by atoms with Gasteiger partial charge in [0.25, 0.3) is 0 Å². The first-order valence-corrected chi connectivity index (χ1v) is 11.2. The topological polar surface area (TPSA) is 105 Å². The molecule has 0 fully saturated rings. The lowest BCUT2D eigenvalue weighted by molar-refractivity contribution is -0.138. The predicted octanol–water partition coefficient (Wildman–Crippen LogP) is 4.17. The SMILES string of the molecule is CC(CNC(=O)OCC1c2ccccc2-c2ccccc21)C(=O)NC(CC(=O)O)C(C)(C)C. The molecule has 33 heavy (non-hydrogen) atoms. The summed E-state index contributed by atoms with van der Waals surface area (Å²) in [6, 6.07) is 15.7. The number of ether oxygens (including phenoxy) is 1. The summed E-state index contributed by atoms with van der Waals surface area (Å²) in [5.41, 5.74) is 4.16. The fourth-order valence-corrected chi connectivity index (χ4v) is 4.04. The maximum Gasteiger partial charge on any atom is 0.407 e. The second kappa shape index (κ2) is 10.1. The molecule has 0 spiro atoms. The Morgan fingerprint density at radius 3 is 2.06 bits per heavy atom. The third kappa shape index (κ3) is 5.92. The number of carboxylic acids is 1. The molecular weight excluding hydrogens is 420 g/mol. The molecule has 2 aromatic rings. The van der Waals surface area contributed by atoms with E-state index < -0.39 is 29.4 Å². The van der Waals surface area contributed by atoms with Gasteiger partial charge in [-0.3, -0.25) is 9.59 Å². The highest BCUT2D eigenvalue weighted by Gasteiger charge is 2.31. The Labute approximate surface area is 194 Å². The van der Waals surface area contributed by atoms with E-state index in [9.17, 15) is 14.4 Å². The van der Waals surface area contributed by atoms with Crippen molar-refractivity contribution in [3.05, 3.63) is 59.7 Å². The molecule has 3 N–H and O–H groups in total. The minimum absolute atomic E-state index is 0.0348. The quantitative estimate of drug-likeness (QED) is 0.558. The lowest BCUT2D eigenvalue weighted by Crippen LogP contribution is -2.48. The van der Waals surface area contributed by atoms with Gasteiger partial charge in [0.05, 0.1) is 12.3 Å². The maximum absolute atomic E-state index is 12.5. The van der Waals surface area contributed by atoms with Crippen LogP contribution in [0.4, 0.5) is 4.79 Å². The van der Waals surface area contributed by atoms with E-state index >= 15 is 0 Å². The minimum atomic E-state index is -0.973. The van der Waals surface area contributed by atoms with E-state index in [2.05, 4.69) is 34.9 Å². The molecule has 7 heteroatoms. The zero-order valence-electron chi connectivity index (χ0n) is 19.6. The van der Waals surface area contributed by atoms with Crippen molar-refractivity contribution < 1.29 is 24.2 Å². The number of rotatable bonds is 8. The zero-order valence-corrected chi connectivity index (χ0v) is 19.6. The van der Waals surface area contributed by atoms with Crippen molar-refractivity contribution in [2.45, 2.75) is 46.1 Å². The van der Waals surface area contributed by atoms with Gasteiger partial charge in [0.1, 0.15) is 6.61 Å². The van der Waals surface area contributed by atoms with Crippen LogP contribution in [0.2, 0.25) is 0 Å². The van der Waals surface area contributed by atoms with Gasteiger partial charge in [-0.1, -0.05) is 76.2 Å². The lowest BCUT2D eigenvalue weighted by atomic mass is 9.84. The summed E-state index contributed by atoms with van der Waals surface area (Å²) in [7, 11) is 0. The van der Waals surface area contributed by atoms with Gasteiger partial charge in [0, 0.05) is 18.5 Å². The average Bonchev–Trinajstić information content (AvgIpc) is 3.08. The monoisotopic (exact) mass is 452 g/mol. The van der Waals surface area contributed by atoms with Gasteiger partial charge < -0.3 is 20.5 Å². The molecule has 0 aliphatic heterocycles. The van der Waals surface area contributed by atoms with Gasteiger partial charge in [0.15, 0.2) is 0 Å². The summed E-state index contributed by atoms with van der Waals surface area (Å²) in [6.07, 6.45) is -0.753. The van der Waals surface area contributed by atoms with Crippen molar-refractivity contribution in [3.8, 4) is 11.1 Å². The molecule has 0 radical (unpaired) electrons. The normalized spacial score (nSPS) is 14.5. The number of benzene rings is 2. The number of carbonyl (C=O) groups is 3. The number of fused-ring (bicyclic) bond motifs is 3. The number of alkyl carbamates (subject to hydrolysis) is 1. The summed E-state index contributed by atoms with van der Waals surface area (Å²) in [4.78, 5) is 36.0. The Bertz CT molecular complexity index is 982. The van der Waals surface area contributed by atoms with E-state index in [1.54, 1.807) is 6.92 Å².